The van der Waals surface area contributed by atoms with Crippen LogP contribution in [-0.2, 0) is 0 Å². The fraction of sp³-hybridized carbons (Fsp3) is 0.467. The van der Waals surface area contributed by atoms with Crippen molar-refractivity contribution in [1.29, 1.82) is 0 Å². The molecule has 2 N–H and O–H groups in total. The van der Waals surface area contributed by atoms with Crippen molar-refractivity contribution in [2.45, 2.75) is 25.8 Å². The average Bonchev–Trinajstić information content (AvgIpc) is 2.47. The molecule has 0 saturated carbocycles. The molecule has 114 valence electrons. The van der Waals surface area contributed by atoms with E-state index in [0.29, 0.717) is 30.2 Å². The van der Waals surface area contributed by atoms with E-state index in [1.807, 2.05) is 11.8 Å². The number of hydrogen-bond donors (Lipinski definition) is 2. The molecule has 0 aliphatic carbocycles. The number of nitrogens with zero attached hydrogens (tertiary/aromatic N) is 1. The van der Waals surface area contributed by atoms with Crippen LogP contribution in [0.4, 0.5) is 4.79 Å². The molecule has 0 unspecified atom stereocenters. The van der Waals surface area contributed by atoms with Crippen LogP contribution in [0.15, 0.2) is 24.3 Å². The van der Waals surface area contributed by atoms with Crippen molar-refractivity contribution in [3.8, 4) is 0 Å². The lowest BCUT2D eigenvalue weighted by molar-refractivity contribution is 0.0708. The minimum absolute atomic E-state index is 0.00559. The fourth-order valence-corrected chi connectivity index (χ4v) is 2.62. The van der Waals surface area contributed by atoms with Gasteiger partial charge in [-0.15, -0.1) is 0 Å². The summed E-state index contributed by atoms with van der Waals surface area (Å²) < 4.78 is 0. The van der Waals surface area contributed by atoms with Gasteiger partial charge < -0.3 is 15.5 Å². The summed E-state index contributed by atoms with van der Waals surface area (Å²) in [5.74, 6) is -0.00559. The number of rotatable bonds is 3. The van der Waals surface area contributed by atoms with E-state index >= 15 is 0 Å². The van der Waals surface area contributed by atoms with Crippen LogP contribution < -0.4 is 10.6 Å². The molecule has 0 atom stereocenters. The maximum atomic E-state index is 12.4. The molecule has 5 nitrogen and oxygen atoms in total. The summed E-state index contributed by atoms with van der Waals surface area (Å²) in [6.07, 6.45) is 1.53. The van der Waals surface area contributed by atoms with Gasteiger partial charge in [0.15, 0.2) is 0 Å². The first-order valence-corrected chi connectivity index (χ1v) is 7.57. The van der Waals surface area contributed by atoms with E-state index in [0.717, 1.165) is 12.8 Å². The number of benzene rings is 1. The number of halogens is 1. The minimum Gasteiger partial charge on any atom is -0.338 e. The summed E-state index contributed by atoms with van der Waals surface area (Å²) in [6.45, 7) is 3.77. The molecule has 0 spiro atoms. The van der Waals surface area contributed by atoms with Gasteiger partial charge in [-0.25, -0.2) is 4.79 Å². The standard InChI is InChI=1S/C15H20ClN3O2/c1-2-17-15(21)18-13-6-8-19(9-7-13)14(20)11-4-3-5-12(16)10-11/h3-5,10,13H,2,6-9H2,1H3,(H2,17,18,21). The van der Waals surface area contributed by atoms with Crippen molar-refractivity contribution >= 4 is 23.5 Å². The smallest absolute Gasteiger partial charge is 0.314 e. The molecule has 1 heterocycles. The third kappa shape index (κ3) is 4.36. The number of urea groups is 1. The van der Waals surface area contributed by atoms with Crippen molar-refractivity contribution in [3.63, 3.8) is 0 Å². The summed E-state index contributed by atoms with van der Waals surface area (Å²) in [5.41, 5.74) is 0.609. The summed E-state index contributed by atoms with van der Waals surface area (Å²) >= 11 is 5.91. The third-order valence-electron chi connectivity index (χ3n) is 3.53. The predicted molar refractivity (Wildman–Crippen MR) is 82.6 cm³/mol. The Bertz CT molecular complexity index is 513. The minimum atomic E-state index is -0.142. The van der Waals surface area contributed by atoms with Crippen molar-refractivity contribution in [2.75, 3.05) is 19.6 Å². The lowest BCUT2D eigenvalue weighted by atomic mass is 10.0. The van der Waals surface area contributed by atoms with Crippen LogP contribution >= 0.6 is 11.6 Å². The van der Waals surface area contributed by atoms with Crippen LogP contribution in [0.2, 0.25) is 5.02 Å². The number of amides is 3. The maximum Gasteiger partial charge on any atom is 0.314 e. The van der Waals surface area contributed by atoms with E-state index in [1.165, 1.54) is 0 Å². The molecule has 3 amide bonds. The van der Waals surface area contributed by atoms with Gasteiger partial charge in [0.1, 0.15) is 0 Å². The SMILES string of the molecule is CCNC(=O)NC1CCN(C(=O)c2cccc(Cl)c2)CC1. The van der Waals surface area contributed by atoms with E-state index in [2.05, 4.69) is 10.6 Å². The van der Waals surface area contributed by atoms with Crippen LogP contribution in [0.25, 0.3) is 0 Å². The Labute approximate surface area is 129 Å². The number of likely N-dealkylation sites (tertiary alicyclic amines) is 1. The second-order valence-corrected chi connectivity index (χ2v) is 5.52. The lowest BCUT2D eigenvalue weighted by Crippen LogP contribution is -2.49. The average molecular weight is 310 g/mol. The van der Waals surface area contributed by atoms with Gasteiger partial charge in [-0.2, -0.15) is 0 Å². The van der Waals surface area contributed by atoms with Crippen molar-refractivity contribution < 1.29 is 9.59 Å². The largest absolute Gasteiger partial charge is 0.338 e. The number of piperidine rings is 1. The highest BCUT2D eigenvalue weighted by atomic mass is 35.5. The topological polar surface area (TPSA) is 61.4 Å². The zero-order valence-corrected chi connectivity index (χ0v) is 12.8. The molecule has 1 aliphatic rings. The van der Waals surface area contributed by atoms with Gasteiger partial charge in [-0.1, -0.05) is 17.7 Å². The summed E-state index contributed by atoms with van der Waals surface area (Å²) in [6, 6.07) is 6.97. The molecule has 1 aromatic carbocycles. The van der Waals surface area contributed by atoms with E-state index in [-0.39, 0.29) is 18.0 Å². The van der Waals surface area contributed by atoms with Crippen LogP contribution in [0.5, 0.6) is 0 Å². The van der Waals surface area contributed by atoms with E-state index in [4.69, 9.17) is 11.6 Å². The predicted octanol–water partition coefficient (Wildman–Crippen LogP) is 2.26. The number of carbonyl (C=O) groups is 2. The quantitative estimate of drug-likeness (QED) is 0.899. The maximum absolute atomic E-state index is 12.4. The first-order chi connectivity index (χ1) is 10.1. The first kappa shape index (κ1) is 15.6. The second kappa shape index (κ2) is 7.31. The van der Waals surface area contributed by atoms with E-state index in [9.17, 15) is 9.59 Å². The van der Waals surface area contributed by atoms with Gasteiger partial charge in [0, 0.05) is 36.3 Å². The summed E-state index contributed by atoms with van der Waals surface area (Å²) in [7, 11) is 0. The van der Waals surface area contributed by atoms with Crippen molar-refractivity contribution in [2.24, 2.45) is 0 Å². The molecule has 0 radical (unpaired) electrons. The molecular weight excluding hydrogens is 290 g/mol. The number of hydrogen-bond acceptors (Lipinski definition) is 2. The highest BCUT2D eigenvalue weighted by Gasteiger charge is 2.24. The molecule has 0 bridgehead atoms. The van der Waals surface area contributed by atoms with Gasteiger partial charge in [0.25, 0.3) is 5.91 Å². The highest BCUT2D eigenvalue weighted by Crippen LogP contribution is 2.16. The Balaban J connectivity index is 1.86. The van der Waals surface area contributed by atoms with Crippen molar-refractivity contribution in [1.82, 2.24) is 15.5 Å². The zero-order chi connectivity index (χ0) is 15.2. The van der Waals surface area contributed by atoms with Crippen LogP contribution in [-0.4, -0.2) is 42.5 Å². The zero-order valence-electron chi connectivity index (χ0n) is 12.1. The molecule has 1 aromatic rings. The molecule has 1 fully saturated rings. The van der Waals surface area contributed by atoms with Crippen LogP contribution in [0.1, 0.15) is 30.1 Å². The van der Waals surface area contributed by atoms with Crippen molar-refractivity contribution in [3.05, 3.63) is 34.9 Å². The first-order valence-electron chi connectivity index (χ1n) is 7.19. The lowest BCUT2D eigenvalue weighted by Gasteiger charge is -2.32. The fourth-order valence-electron chi connectivity index (χ4n) is 2.43. The number of carbonyl (C=O) groups excluding carboxylic acids is 2. The highest BCUT2D eigenvalue weighted by molar-refractivity contribution is 6.30. The Morgan fingerprint density at radius 3 is 2.67 bits per heavy atom. The van der Waals surface area contributed by atoms with Gasteiger partial charge in [-0.05, 0) is 38.0 Å². The Morgan fingerprint density at radius 1 is 1.33 bits per heavy atom. The molecular formula is C15H20ClN3O2. The monoisotopic (exact) mass is 309 g/mol. The molecule has 1 saturated heterocycles. The Kier molecular flexibility index (Phi) is 5.44. The second-order valence-electron chi connectivity index (χ2n) is 5.08. The van der Waals surface area contributed by atoms with Gasteiger partial charge >= 0.3 is 6.03 Å². The molecule has 0 aromatic heterocycles. The normalized spacial score (nSPS) is 15.6. The van der Waals surface area contributed by atoms with Crippen LogP contribution in [0, 0.1) is 0 Å². The Hall–Kier alpha value is -1.75. The number of nitrogens with one attached hydrogen (secondary N) is 2. The van der Waals surface area contributed by atoms with Gasteiger partial charge in [0.05, 0.1) is 0 Å². The molecule has 6 heteroatoms. The molecule has 1 aliphatic heterocycles. The van der Waals surface area contributed by atoms with E-state index in [1.54, 1.807) is 24.3 Å². The van der Waals surface area contributed by atoms with Gasteiger partial charge in [-0.3, -0.25) is 4.79 Å². The molecule has 2 rings (SSSR count). The Morgan fingerprint density at radius 2 is 2.05 bits per heavy atom. The van der Waals surface area contributed by atoms with Gasteiger partial charge in [0.2, 0.25) is 0 Å². The third-order valence-corrected chi connectivity index (χ3v) is 3.76. The summed E-state index contributed by atoms with van der Waals surface area (Å²) in [4.78, 5) is 25.6. The van der Waals surface area contributed by atoms with Crippen LogP contribution in [0.3, 0.4) is 0 Å². The van der Waals surface area contributed by atoms with E-state index < -0.39 is 0 Å². The molecule has 21 heavy (non-hydrogen) atoms. The summed E-state index contributed by atoms with van der Waals surface area (Å²) in [5, 5.41) is 6.20.